The minimum Gasteiger partial charge on any atom is -0.214 e. The predicted molar refractivity (Wildman–Crippen MR) is 94.6 cm³/mol. The van der Waals surface area contributed by atoms with Gasteiger partial charge in [-0.15, -0.1) is 5.10 Å². The molecule has 0 saturated heterocycles. The van der Waals surface area contributed by atoms with Crippen LogP contribution in [-0.4, -0.2) is 15.0 Å². The molecule has 0 amide bonds. The first kappa shape index (κ1) is 19.5. The van der Waals surface area contributed by atoms with Crippen molar-refractivity contribution in [2.45, 2.75) is 32.6 Å². The molecule has 144 valence electrons. The molecule has 0 fully saturated rings. The molecule has 0 bridgehead atoms. The van der Waals surface area contributed by atoms with Crippen molar-refractivity contribution in [1.82, 2.24) is 15.0 Å². The Bertz CT molecular complexity index is 1010. The van der Waals surface area contributed by atoms with E-state index < -0.39 is 34.5 Å². The summed E-state index contributed by atoms with van der Waals surface area (Å²) >= 11 is 0. The highest BCUT2D eigenvalue weighted by molar-refractivity contribution is 5.59. The molecule has 0 spiro atoms. The summed E-state index contributed by atoms with van der Waals surface area (Å²) in [6.07, 6.45) is 5.47. The quantitative estimate of drug-likeness (QED) is 0.336. The maximum Gasteiger partial charge on any atom is 0.189 e. The molecular formula is C20H16F4N4. The fourth-order valence-electron chi connectivity index (χ4n) is 2.85. The van der Waals surface area contributed by atoms with E-state index in [1.54, 1.807) is 12.1 Å². The maximum absolute atomic E-state index is 14.2. The van der Waals surface area contributed by atoms with Crippen LogP contribution in [0.15, 0.2) is 30.5 Å². The molecule has 0 aliphatic carbocycles. The number of rotatable bonds is 6. The van der Waals surface area contributed by atoms with Gasteiger partial charge in [-0.3, -0.25) is 0 Å². The summed E-state index contributed by atoms with van der Waals surface area (Å²) in [6.45, 7) is 2.13. The van der Waals surface area contributed by atoms with Crippen LogP contribution >= 0.6 is 0 Å². The molecule has 3 rings (SSSR count). The van der Waals surface area contributed by atoms with Gasteiger partial charge in [-0.1, -0.05) is 49.2 Å². The second-order valence-corrected chi connectivity index (χ2v) is 6.29. The molecule has 0 N–H and O–H groups in total. The van der Waals surface area contributed by atoms with Gasteiger partial charge in [0.1, 0.15) is 23.0 Å². The molecule has 3 aromatic rings. The van der Waals surface area contributed by atoms with Gasteiger partial charge in [-0.2, -0.15) is 5.26 Å². The van der Waals surface area contributed by atoms with E-state index in [1.165, 1.54) is 6.20 Å². The molecule has 1 heterocycles. The Kier molecular flexibility index (Phi) is 5.73. The van der Waals surface area contributed by atoms with Gasteiger partial charge in [-0.05, 0) is 18.4 Å². The Balaban J connectivity index is 1.92. The van der Waals surface area contributed by atoms with E-state index in [0.717, 1.165) is 37.3 Å². The number of nitrogens with zero attached hydrogens (tertiary/aromatic N) is 4. The van der Waals surface area contributed by atoms with Crippen LogP contribution < -0.4 is 0 Å². The van der Waals surface area contributed by atoms with Crippen LogP contribution in [0, 0.1) is 34.6 Å². The first-order valence-electron chi connectivity index (χ1n) is 8.76. The smallest absolute Gasteiger partial charge is 0.189 e. The third kappa shape index (κ3) is 3.60. The van der Waals surface area contributed by atoms with E-state index >= 15 is 0 Å². The van der Waals surface area contributed by atoms with Crippen molar-refractivity contribution in [1.29, 1.82) is 5.26 Å². The molecule has 0 atom stereocenters. The zero-order valence-corrected chi connectivity index (χ0v) is 15.0. The molecule has 1 aromatic heterocycles. The lowest BCUT2D eigenvalue weighted by Gasteiger charge is -2.07. The van der Waals surface area contributed by atoms with E-state index in [4.69, 9.17) is 5.26 Å². The highest BCUT2D eigenvalue weighted by Gasteiger charge is 2.27. The zero-order valence-electron chi connectivity index (χ0n) is 15.0. The Morgan fingerprint density at radius 3 is 2.18 bits per heavy atom. The largest absolute Gasteiger partial charge is 0.214 e. The molecule has 2 aromatic carbocycles. The van der Waals surface area contributed by atoms with Crippen LogP contribution in [0.5, 0.6) is 0 Å². The van der Waals surface area contributed by atoms with E-state index in [1.807, 2.05) is 12.1 Å². The Labute approximate surface area is 159 Å². The maximum atomic E-state index is 14.2. The minimum absolute atomic E-state index is 0.282. The summed E-state index contributed by atoms with van der Waals surface area (Å²) in [6, 6.07) is 8.54. The Morgan fingerprint density at radius 2 is 1.61 bits per heavy atom. The fraction of sp³-hybridized carbons (Fsp3) is 0.250. The van der Waals surface area contributed by atoms with Crippen LogP contribution in [0.3, 0.4) is 0 Å². The minimum atomic E-state index is -1.77. The summed E-state index contributed by atoms with van der Waals surface area (Å²) in [7, 11) is 0. The van der Waals surface area contributed by atoms with Crippen LogP contribution in [0.25, 0.3) is 16.9 Å². The third-order valence-electron chi connectivity index (χ3n) is 4.39. The number of aromatic nitrogens is 3. The van der Waals surface area contributed by atoms with Crippen molar-refractivity contribution in [3.8, 4) is 23.0 Å². The lowest BCUT2D eigenvalue weighted by molar-refractivity contribution is 0.439. The summed E-state index contributed by atoms with van der Waals surface area (Å²) in [5, 5.41) is 16.1. The average Bonchev–Trinajstić information content (AvgIpc) is 3.17. The van der Waals surface area contributed by atoms with E-state index in [9.17, 15) is 17.6 Å². The van der Waals surface area contributed by atoms with Gasteiger partial charge in [0, 0.05) is 5.56 Å². The molecule has 0 radical (unpaired) electrons. The number of nitriles is 1. The van der Waals surface area contributed by atoms with Crippen LogP contribution in [0.1, 0.15) is 37.3 Å². The summed E-state index contributed by atoms with van der Waals surface area (Å²) < 4.78 is 56.6. The van der Waals surface area contributed by atoms with Crippen molar-refractivity contribution in [2.75, 3.05) is 0 Å². The molecule has 28 heavy (non-hydrogen) atoms. The number of benzene rings is 2. The number of hydrogen-bond acceptors (Lipinski definition) is 3. The number of halogens is 4. The third-order valence-corrected chi connectivity index (χ3v) is 4.39. The molecule has 0 saturated carbocycles. The topological polar surface area (TPSA) is 54.5 Å². The predicted octanol–water partition coefficient (Wildman–Crippen LogP) is 5.10. The van der Waals surface area contributed by atoms with Crippen molar-refractivity contribution < 1.29 is 17.6 Å². The Morgan fingerprint density at radius 1 is 0.964 bits per heavy atom. The van der Waals surface area contributed by atoms with Gasteiger partial charge in [0.2, 0.25) is 0 Å². The number of aryl methyl sites for hydroxylation is 1. The molecular weight excluding hydrogens is 372 g/mol. The second-order valence-electron chi connectivity index (χ2n) is 6.29. The van der Waals surface area contributed by atoms with Crippen molar-refractivity contribution in [3.05, 3.63) is 64.9 Å². The second kappa shape index (κ2) is 8.21. The normalized spacial score (nSPS) is 10.9. The van der Waals surface area contributed by atoms with Gasteiger partial charge in [0.25, 0.3) is 0 Å². The van der Waals surface area contributed by atoms with E-state index in [0.29, 0.717) is 10.2 Å². The number of hydrogen-bond donors (Lipinski definition) is 0. The van der Waals surface area contributed by atoms with Gasteiger partial charge in [0.05, 0.1) is 6.20 Å². The summed E-state index contributed by atoms with van der Waals surface area (Å²) in [5.41, 5.74) is -0.315. The standard InChI is InChI=1S/C20H16F4N4/c1-2-3-4-5-12-6-8-13(9-7-12)15-11-28(27-26-15)20-18(23)16(21)14(10-25)17(22)19(20)24/h6-9,11H,2-5H2,1H3. The molecule has 0 aliphatic heterocycles. The van der Waals surface area contributed by atoms with Crippen LogP contribution in [0.4, 0.5) is 17.6 Å². The average molecular weight is 388 g/mol. The van der Waals surface area contributed by atoms with Gasteiger partial charge in [0.15, 0.2) is 23.3 Å². The first-order valence-corrected chi connectivity index (χ1v) is 8.76. The van der Waals surface area contributed by atoms with Crippen molar-refractivity contribution >= 4 is 0 Å². The van der Waals surface area contributed by atoms with Gasteiger partial charge < -0.3 is 0 Å². The van der Waals surface area contributed by atoms with Crippen LogP contribution in [-0.2, 0) is 6.42 Å². The zero-order chi connectivity index (χ0) is 20.3. The molecule has 8 heteroatoms. The van der Waals surface area contributed by atoms with Gasteiger partial charge >= 0.3 is 0 Å². The monoisotopic (exact) mass is 388 g/mol. The molecule has 4 nitrogen and oxygen atoms in total. The lowest BCUT2D eigenvalue weighted by Crippen LogP contribution is -2.10. The summed E-state index contributed by atoms with van der Waals surface area (Å²) in [4.78, 5) is 0. The summed E-state index contributed by atoms with van der Waals surface area (Å²) in [5.74, 6) is -6.97. The highest BCUT2D eigenvalue weighted by atomic mass is 19.2. The van der Waals surface area contributed by atoms with E-state index in [2.05, 4.69) is 17.2 Å². The fourth-order valence-corrected chi connectivity index (χ4v) is 2.85. The van der Waals surface area contributed by atoms with E-state index in [-0.39, 0.29) is 5.69 Å². The number of unbranched alkanes of at least 4 members (excludes halogenated alkanes) is 2. The van der Waals surface area contributed by atoms with Gasteiger partial charge in [-0.25, -0.2) is 22.2 Å². The Hall–Kier alpha value is -3.21. The molecule has 0 aliphatic rings. The highest BCUT2D eigenvalue weighted by Crippen LogP contribution is 2.27. The first-order chi connectivity index (χ1) is 13.5. The van der Waals surface area contributed by atoms with Crippen LogP contribution in [0.2, 0.25) is 0 Å². The SMILES string of the molecule is CCCCCc1ccc(-c2cn(-c3c(F)c(F)c(C#N)c(F)c3F)nn2)cc1. The molecule has 0 unspecified atom stereocenters. The van der Waals surface area contributed by atoms with Crippen molar-refractivity contribution in [2.24, 2.45) is 0 Å². The lowest BCUT2D eigenvalue weighted by atomic mass is 10.0. The van der Waals surface area contributed by atoms with Crippen molar-refractivity contribution in [3.63, 3.8) is 0 Å².